The first-order valence-corrected chi connectivity index (χ1v) is 16.0. The molecule has 3 aliphatic carbocycles. The number of hydrogen-bond donors (Lipinski definition) is 0. The van der Waals surface area contributed by atoms with E-state index in [-0.39, 0.29) is 11.8 Å². The molecule has 7 rings (SSSR count). The first-order chi connectivity index (χ1) is 20.7. The molecule has 2 atom stereocenters. The lowest BCUT2D eigenvalue weighted by atomic mass is 9.70. The summed E-state index contributed by atoms with van der Waals surface area (Å²) in [4.78, 5) is 0. The molecule has 4 heteroatoms. The lowest BCUT2D eigenvalue weighted by molar-refractivity contribution is 0.479. The van der Waals surface area contributed by atoms with Gasteiger partial charge in [0.2, 0.25) is 0 Å². The van der Waals surface area contributed by atoms with Gasteiger partial charge < -0.3 is 17.7 Å². The number of allylic oxidation sites excluding steroid dienone is 6. The van der Waals surface area contributed by atoms with Gasteiger partial charge in [-0.25, -0.2) is 0 Å². The molecular formula is C38H40O4. The van der Waals surface area contributed by atoms with E-state index >= 15 is 0 Å². The molecule has 4 heterocycles. The zero-order valence-corrected chi connectivity index (χ0v) is 24.8. The van der Waals surface area contributed by atoms with Gasteiger partial charge in [-0.15, -0.1) is 0 Å². The van der Waals surface area contributed by atoms with Crippen molar-refractivity contribution in [3.8, 4) is 23.0 Å². The standard InChI is InChI=1S/C38H40O4/c1-3-5-7-9-11-25-13-19-35(39-25)37-23-31-29-15-16-30-28(27(29)17-21-33(31)41-37)18-22-34-32(30)24-38(42-34)36-20-14-26(40-36)12-10-8-6-4-2/h13-24,27-28H,3-12H2,1-2H3. The summed E-state index contributed by atoms with van der Waals surface area (Å²) in [6.07, 6.45) is 25.2. The largest absolute Gasteiger partial charge is 0.458 e. The van der Waals surface area contributed by atoms with Gasteiger partial charge in [0.25, 0.3) is 0 Å². The van der Waals surface area contributed by atoms with E-state index in [1.54, 1.807) is 0 Å². The molecule has 0 aliphatic heterocycles. The van der Waals surface area contributed by atoms with Crippen LogP contribution < -0.4 is 0 Å². The molecule has 0 aromatic carbocycles. The van der Waals surface area contributed by atoms with Crippen LogP contribution in [0.25, 0.3) is 46.3 Å². The first kappa shape index (κ1) is 26.9. The van der Waals surface area contributed by atoms with Crippen LogP contribution >= 0.6 is 0 Å². The van der Waals surface area contributed by atoms with E-state index in [0.717, 1.165) is 82.9 Å². The second kappa shape index (κ2) is 11.8. The summed E-state index contributed by atoms with van der Waals surface area (Å²) in [6, 6.07) is 12.6. The zero-order chi connectivity index (χ0) is 28.5. The molecular weight excluding hydrogens is 520 g/mol. The topological polar surface area (TPSA) is 52.6 Å². The summed E-state index contributed by atoms with van der Waals surface area (Å²) in [7, 11) is 0. The van der Waals surface area contributed by atoms with Crippen LogP contribution in [0.3, 0.4) is 0 Å². The fourth-order valence-electron chi connectivity index (χ4n) is 6.65. The van der Waals surface area contributed by atoms with Gasteiger partial charge in [0, 0.05) is 35.8 Å². The molecule has 0 spiro atoms. The van der Waals surface area contributed by atoms with Crippen molar-refractivity contribution in [1.29, 1.82) is 0 Å². The quantitative estimate of drug-likeness (QED) is 0.162. The van der Waals surface area contributed by atoms with Crippen LogP contribution in [-0.2, 0) is 12.8 Å². The van der Waals surface area contributed by atoms with Crippen LogP contribution in [0.5, 0.6) is 0 Å². The van der Waals surface area contributed by atoms with Crippen LogP contribution in [0, 0.1) is 11.8 Å². The second-order valence-corrected chi connectivity index (χ2v) is 11.9. The van der Waals surface area contributed by atoms with Crippen molar-refractivity contribution in [2.75, 3.05) is 0 Å². The Morgan fingerprint density at radius 2 is 1.00 bits per heavy atom. The Labute approximate surface area is 248 Å². The van der Waals surface area contributed by atoms with Crippen molar-refractivity contribution in [2.45, 2.75) is 78.1 Å². The van der Waals surface area contributed by atoms with E-state index in [9.17, 15) is 0 Å². The first-order valence-electron chi connectivity index (χ1n) is 16.0. The summed E-state index contributed by atoms with van der Waals surface area (Å²) in [5.41, 5.74) is 4.89. The van der Waals surface area contributed by atoms with Gasteiger partial charge in [0.1, 0.15) is 23.0 Å². The molecule has 216 valence electrons. The number of furan rings is 4. The molecule has 2 unspecified atom stereocenters. The highest BCUT2D eigenvalue weighted by atomic mass is 16.4. The minimum Gasteiger partial charge on any atom is -0.458 e. The molecule has 0 saturated carbocycles. The predicted molar refractivity (Wildman–Crippen MR) is 170 cm³/mol. The third-order valence-electron chi connectivity index (χ3n) is 8.96. The van der Waals surface area contributed by atoms with Gasteiger partial charge in [-0.2, -0.15) is 0 Å². The fourth-order valence-corrected chi connectivity index (χ4v) is 6.65. The highest BCUT2D eigenvalue weighted by Crippen LogP contribution is 2.50. The van der Waals surface area contributed by atoms with Crippen LogP contribution in [0.1, 0.15) is 99.4 Å². The van der Waals surface area contributed by atoms with Gasteiger partial charge in [-0.05, 0) is 72.5 Å². The van der Waals surface area contributed by atoms with E-state index in [0.29, 0.717) is 0 Å². The van der Waals surface area contributed by atoms with E-state index in [2.05, 4.69) is 74.6 Å². The van der Waals surface area contributed by atoms with Crippen molar-refractivity contribution < 1.29 is 17.7 Å². The lowest BCUT2D eigenvalue weighted by Crippen LogP contribution is -2.20. The van der Waals surface area contributed by atoms with Crippen LogP contribution in [0.15, 0.2) is 78.4 Å². The predicted octanol–water partition coefficient (Wildman–Crippen LogP) is 11.4. The minimum absolute atomic E-state index is 0.245. The van der Waals surface area contributed by atoms with Crippen molar-refractivity contribution in [3.05, 3.63) is 94.9 Å². The van der Waals surface area contributed by atoms with Crippen LogP contribution in [0.4, 0.5) is 0 Å². The van der Waals surface area contributed by atoms with Crippen molar-refractivity contribution in [1.82, 2.24) is 0 Å². The Balaban J connectivity index is 1.10. The molecule has 4 aromatic rings. The fraction of sp³-hybridized carbons (Fsp3) is 0.368. The van der Waals surface area contributed by atoms with Gasteiger partial charge in [-0.3, -0.25) is 0 Å². The Morgan fingerprint density at radius 3 is 1.45 bits per heavy atom. The summed E-state index contributed by atoms with van der Waals surface area (Å²) < 4.78 is 24.9. The lowest BCUT2D eigenvalue weighted by Gasteiger charge is -2.33. The van der Waals surface area contributed by atoms with Gasteiger partial charge in [0.05, 0.1) is 0 Å². The summed E-state index contributed by atoms with van der Waals surface area (Å²) in [5, 5.41) is 0. The number of hydrogen-bond acceptors (Lipinski definition) is 4. The third kappa shape index (κ3) is 5.12. The monoisotopic (exact) mass is 560 g/mol. The minimum atomic E-state index is 0.245. The highest BCUT2D eigenvalue weighted by Gasteiger charge is 2.36. The maximum Gasteiger partial charge on any atom is 0.170 e. The molecule has 4 nitrogen and oxygen atoms in total. The Bertz CT molecular complexity index is 1550. The average Bonchev–Trinajstić information content (AvgIpc) is 3.82. The molecule has 0 amide bonds. The average molecular weight is 561 g/mol. The summed E-state index contributed by atoms with van der Waals surface area (Å²) in [5.74, 6) is 7.58. The number of aryl methyl sites for hydroxylation is 2. The smallest absolute Gasteiger partial charge is 0.170 e. The van der Waals surface area contributed by atoms with Crippen molar-refractivity contribution >= 4 is 23.3 Å². The second-order valence-electron chi connectivity index (χ2n) is 11.9. The van der Waals surface area contributed by atoms with E-state index in [1.165, 1.54) is 49.7 Å². The van der Waals surface area contributed by atoms with E-state index in [4.69, 9.17) is 17.7 Å². The highest BCUT2D eigenvalue weighted by molar-refractivity contribution is 5.91. The van der Waals surface area contributed by atoms with E-state index in [1.807, 2.05) is 12.1 Å². The molecule has 0 saturated heterocycles. The number of unbranched alkanes of at least 4 members (excludes halogenated alkanes) is 6. The molecule has 42 heavy (non-hydrogen) atoms. The SMILES string of the molecule is CCCCCCc1ccc(-c2cc3c(o2)C=CC2C3=CC=C3c4cc(-c5ccc(CCCCCC)o5)oc4C=CC32)o1. The molecule has 4 aromatic heterocycles. The van der Waals surface area contributed by atoms with Crippen molar-refractivity contribution in [3.63, 3.8) is 0 Å². The molecule has 0 N–H and O–H groups in total. The maximum absolute atomic E-state index is 6.30. The number of fused-ring (bicyclic) bond motifs is 7. The Hall–Kier alpha value is -3.92. The molecule has 0 bridgehead atoms. The zero-order valence-electron chi connectivity index (χ0n) is 24.8. The maximum atomic E-state index is 6.30. The van der Waals surface area contributed by atoms with Gasteiger partial charge in [0.15, 0.2) is 23.0 Å². The summed E-state index contributed by atoms with van der Waals surface area (Å²) in [6.45, 7) is 4.48. The Morgan fingerprint density at radius 1 is 0.524 bits per heavy atom. The summed E-state index contributed by atoms with van der Waals surface area (Å²) >= 11 is 0. The Kier molecular flexibility index (Phi) is 7.54. The third-order valence-corrected chi connectivity index (χ3v) is 8.96. The van der Waals surface area contributed by atoms with E-state index < -0.39 is 0 Å². The van der Waals surface area contributed by atoms with Crippen LogP contribution in [0.2, 0.25) is 0 Å². The molecule has 0 radical (unpaired) electrons. The van der Waals surface area contributed by atoms with Crippen molar-refractivity contribution in [2.24, 2.45) is 11.8 Å². The normalized spacial score (nSPS) is 18.3. The van der Waals surface area contributed by atoms with Crippen LogP contribution in [-0.4, -0.2) is 0 Å². The molecule has 3 aliphatic rings. The molecule has 0 fully saturated rings. The van der Waals surface area contributed by atoms with Gasteiger partial charge in [-0.1, -0.05) is 76.7 Å². The van der Waals surface area contributed by atoms with Gasteiger partial charge >= 0.3 is 0 Å². The number of rotatable bonds is 12.